The number of nitrogens with zero attached hydrogens (tertiary/aromatic N) is 3. The average molecular weight is 411 g/mol. The van der Waals surface area contributed by atoms with E-state index in [0.717, 1.165) is 39.2 Å². The van der Waals surface area contributed by atoms with Gasteiger partial charge in [0.15, 0.2) is 5.82 Å². The van der Waals surface area contributed by atoms with Gasteiger partial charge in [0.25, 0.3) is 5.91 Å². The van der Waals surface area contributed by atoms with Crippen molar-refractivity contribution in [3.05, 3.63) is 94.3 Å². The molecule has 0 radical (unpaired) electrons. The molecule has 0 saturated heterocycles. The van der Waals surface area contributed by atoms with Crippen LogP contribution in [0.3, 0.4) is 0 Å². The zero-order valence-electron chi connectivity index (χ0n) is 18.5. The molecule has 0 aliphatic rings. The van der Waals surface area contributed by atoms with E-state index in [2.05, 4.69) is 28.4 Å². The van der Waals surface area contributed by atoms with Gasteiger partial charge in [0.05, 0.1) is 5.69 Å². The number of nitrogens with one attached hydrogen (secondary N) is 1. The van der Waals surface area contributed by atoms with E-state index in [1.54, 1.807) is 4.68 Å². The van der Waals surface area contributed by atoms with Gasteiger partial charge >= 0.3 is 0 Å². The average Bonchev–Trinajstić information content (AvgIpc) is 3.16. The maximum atomic E-state index is 13.0. The smallest absolute Gasteiger partial charge is 0.295 e. The zero-order valence-corrected chi connectivity index (χ0v) is 18.5. The van der Waals surface area contributed by atoms with E-state index in [0.29, 0.717) is 5.82 Å². The zero-order chi connectivity index (χ0) is 22.1. The number of amides is 1. The fourth-order valence-electron chi connectivity index (χ4n) is 3.64. The largest absolute Gasteiger partial charge is 0.319 e. The van der Waals surface area contributed by atoms with Gasteiger partial charge in [-0.3, -0.25) is 4.79 Å². The first-order chi connectivity index (χ1) is 14.8. The lowest BCUT2D eigenvalue weighted by Crippen LogP contribution is -2.15. The van der Waals surface area contributed by atoms with Crippen molar-refractivity contribution in [1.82, 2.24) is 14.8 Å². The molecule has 4 aromatic rings. The SMILES string of the molecule is Cc1ccc(-c2nc(C(=O)Nc3ccc(C)cc3C)nn2-c2ccc(C)cc2C)cc1. The Kier molecular flexibility index (Phi) is 5.42. The third kappa shape index (κ3) is 4.26. The lowest BCUT2D eigenvalue weighted by Gasteiger charge is -2.10. The molecule has 1 amide bonds. The molecular weight excluding hydrogens is 384 g/mol. The quantitative estimate of drug-likeness (QED) is 0.467. The van der Waals surface area contributed by atoms with Crippen molar-refractivity contribution in [3.63, 3.8) is 0 Å². The highest BCUT2D eigenvalue weighted by Crippen LogP contribution is 2.25. The van der Waals surface area contributed by atoms with E-state index in [4.69, 9.17) is 0 Å². The second-order valence-electron chi connectivity index (χ2n) is 8.10. The van der Waals surface area contributed by atoms with E-state index >= 15 is 0 Å². The van der Waals surface area contributed by atoms with Gasteiger partial charge in [-0.1, -0.05) is 65.2 Å². The minimum atomic E-state index is -0.330. The third-order valence-electron chi connectivity index (χ3n) is 5.33. The molecule has 0 aliphatic carbocycles. The number of aromatic nitrogens is 3. The summed E-state index contributed by atoms with van der Waals surface area (Å²) in [6, 6.07) is 20.2. The second-order valence-corrected chi connectivity index (χ2v) is 8.10. The number of hydrogen-bond acceptors (Lipinski definition) is 3. The normalized spacial score (nSPS) is 10.9. The number of benzene rings is 3. The van der Waals surface area contributed by atoms with Crippen LogP contribution < -0.4 is 5.32 Å². The van der Waals surface area contributed by atoms with Crippen molar-refractivity contribution < 1.29 is 4.79 Å². The van der Waals surface area contributed by atoms with E-state index < -0.39 is 0 Å². The van der Waals surface area contributed by atoms with Crippen molar-refractivity contribution in [2.75, 3.05) is 5.32 Å². The molecule has 5 nitrogen and oxygen atoms in total. The van der Waals surface area contributed by atoms with Crippen molar-refractivity contribution in [1.29, 1.82) is 0 Å². The van der Waals surface area contributed by atoms with Crippen molar-refractivity contribution in [3.8, 4) is 17.1 Å². The van der Waals surface area contributed by atoms with Crippen molar-refractivity contribution in [2.24, 2.45) is 0 Å². The van der Waals surface area contributed by atoms with E-state index in [9.17, 15) is 4.79 Å². The first kappa shape index (κ1) is 20.5. The third-order valence-corrected chi connectivity index (χ3v) is 5.33. The summed E-state index contributed by atoms with van der Waals surface area (Å²) in [6.45, 7) is 10.1. The minimum absolute atomic E-state index is 0.135. The highest BCUT2D eigenvalue weighted by molar-refractivity contribution is 6.02. The second kappa shape index (κ2) is 8.19. The molecule has 1 heterocycles. The Labute approximate surface area is 182 Å². The van der Waals surface area contributed by atoms with Crippen LogP contribution in [-0.4, -0.2) is 20.7 Å². The number of anilines is 1. The molecule has 0 aliphatic heterocycles. The Hall–Kier alpha value is -3.73. The van der Waals surface area contributed by atoms with Crippen LogP contribution in [0.5, 0.6) is 0 Å². The Morgan fingerprint density at radius 1 is 0.774 bits per heavy atom. The first-order valence-electron chi connectivity index (χ1n) is 10.3. The van der Waals surface area contributed by atoms with Crippen molar-refractivity contribution >= 4 is 11.6 Å². The van der Waals surface area contributed by atoms with Gasteiger partial charge in [-0.05, 0) is 57.9 Å². The molecule has 0 atom stereocenters. The lowest BCUT2D eigenvalue weighted by molar-refractivity contribution is 0.101. The Morgan fingerprint density at radius 3 is 2.03 bits per heavy atom. The number of hydrogen-bond donors (Lipinski definition) is 1. The molecule has 0 spiro atoms. The van der Waals surface area contributed by atoms with Gasteiger partial charge < -0.3 is 5.32 Å². The molecule has 0 fully saturated rings. The molecule has 156 valence electrons. The van der Waals surface area contributed by atoms with Crippen LogP contribution in [0.15, 0.2) is 60.7 Å². The van der Waals surface area contributed by atoms with Gasteiger partial charge in [0.1, 0.15) is 0 Å². The Balaban J connectivity index is 1.79. The standard InChI is InChI=1S/C26H26N4O/c1-16-6-10-21(11-7-16)25-28-24(26(31)27-22-12-8-17(2)14-19(22)4)29-30(25)23-13-9-18(3)15-20(23)5/h6-15H,1-5H3,(H,27,31). The van der Waals surface area contributed by atoms with Crippen LogP contribution in [0.4, 0.5) is 5.69 Å². The summed E-state index contributed by atoms with van der Waals surface area (Å²) in [5, 5.41) is 7.56. The molecule has 0 bridgehead atoms. The molecule has 31 heavy (non-hydrogen) atoms. The maximum Gasteiger partial charge on any atom is 0.295 e. The molecular formula is C26H26N4O. The minimum Gasteiger partial charge on any atom is -0.319 e. The number of carbonyl (C=O) groups is 1. The van der Waals surface area contributed by atoms with Crippen LogP contribution in [0.25, 0.3) is 17.1 Å². The van der Waals surface area contributed by atoms with E-state index in [-0.39, 0.29) is 11.7 Å². The molecule has 1 N–H and O–H groups in total. The number of carbonyl (C=O) groups excluding carboxylic acids is 1. The number of aryl methyl sites for hydroxylation is 5. The number of rotatable bonds is 4. The fraction of sp³-hybridized carbons (Fsp3) is 0.192. The van der Waals surface area contributed by atoms with Gasteiger partial charge in [-0.25, -0.2) is 9.67 Å². The molecule has 3 aromatic carbocycles. The van der Waals surface area contributed by atoms with E-state index in [1.165, 1.54) is 5.56 Å². The van der Waals surface area contributed by atoms with Gasteiger partial charge in [-0.2, -0.15) is 0 Å². The molecule has 0 unspecified atom stereocenters. The molecule has 1 aromatic heterocycles. The Morgan fingerprint density at radius 2 is 1.39 bits per heavy atom. The first-order valence-corrected chi connectivity index (χ1v) is 10.3. The summed E-state index contributed by atoms with van der Waals surface area (Å²) in [5.74, 6) is 0.442. The fourth-order valence-corrected chi connectivity index (χ4v) is 3.64. The summed E-state index contributed by atoms with van der Waals surface area (Å²) in [4.78, 5) is 17.7. The summed E-state index contributed by atoms with van der Waals surface area (Å²) >= 11 is 0. The predicted molar refractivity (Wildman–Crippen MR) is 125 cm³/mol. The van der Waals surface area contributed by atoms with Gasteiger partial charge in [0, 0.05) is 11.3 Å². The van der Waals surface area contributed by atoms with Gasteiger partial charge in [0.2, 0.25) is 5.82 Å². The summed E-state index contributed by atoms with van der Waals surface area (Å²) in [5.41, 5.74) is 8.12. The lowest BCUT2D eigenvalue weighted by atomic mass is 10.1. The monoisotopic (exact) mass is 410 g/mol. The molecule has 0 saturated carbocycles. The predicted octanol–water partition coefficient (Wildman–Crippen LogP) is 5.73. The maximum absolute atomic E-state index is 13.0. The van der Waals surface area contributed by atoms with Crippen molar-refractivity contribution in [2.45, 2.75) is 34.6 Å². The summed E-state index contributed by atoms with van der Waals surface area (Å²) in [7, 11) is 0. The highest BCUT2D eigenvalue weighted by atomic mass is 16.2. The molecule has 4 rings (SSSR count). The van der Waals surface area contributed by atoms with Crippen LogP contribution in [0, 0.1) is 34.6 Å². The van der Waals surface area contributed by atoms with Crippen LogP contribution in [-0.2, 0) is 0 Å². The van der Waals surface area contributed by atoms with Crippen LogP contribution in [0.2, 0.25) is 0 Å². The van der Waals surface area contributed by atoms with E-state index in [1.807, 2.05) is 82.3 Å². The summed E-state index contributed by atoms with van der Waals surface area (Å²) < 4.78 is 1.76. The van der Waals surface area contributed by atoms with Crippen LogP contribution >= 0.6 is 0 Å². The van der Waals surface area contributed by atoms with Crippen LogP contribution in [0.1, 0.15) is 38.4 Å². The Bertz CT molecular complexity index is 1270. The van der Waals surface area contributed by atoms with Gasteiger partial charge in [-0.15, -0.1) is 5.10 Å². The highest BCUT2D eigenvalue weighted by Gasteiger charge is 2.20. The molecule has 5 heteroatoms. The summed E-state index contributed by atoms with van der Waals surface area (Å²) in [6.07, 6.45) is 0. The topological polar surface area (TPSA) is 59.8 Å².